The summed E-state index contributed by atoms with van der Waals surface area (Å²) < 4.78 is 29.7. The number of para-hydroxylation sites is 2. The highest BCUT2D eigenvalue weighted by molar-refractivity contribution is 5.81. The first-order valence-electron chi connectivity index (χ1n) is 15.7. The average Bonchev–Trinajstić information content (AvgIpc) is 3.49. The molecule has 0 saturated carbocycles. The number of carboxylic acid groups (broad SMARTS) is 1. The van der Waals surface area contributed by atoms with E-state index in [9.17, 15) is 14.7 Å². The second kappa shape index (κ2) is 16.1. The quantitative estimate of drug-likeness (QED) is 0.150. The molecule has 3 aromatic carbocycles. The largest absolute Gasteiger partial charge is 0.496 e. The van der Waals surface area contributed by atoms with Gasteiger partial charge in [-0.05, 0) is 48.2 Å². The average molecular weight is 631 g/mol. The molecule has 10 nitrogen and oxygen atoms in total. The first-order valence-corrected chi connectivity index (χ1v) is 15.7. The maximum absolute atomic E-state index is 11.8. The minimum absolute atomic E-state index is 0.0191. The van der Waals surface area contributed by atoms with Crippen LogP contribution in [0.15, 0.2) is 77.2 Å². The highest BCUT2D eigenvalue weighted by Gasteiger charge is 2.33. The Morgan fingerprint density at radius 3 is 2.59 bits per heavy atom. The van der Waals surface area contributed by atoms with Gasteiger partial charge in [0.1, 0.15) is 29.4 Å². The van der Waals surface area contributed by atoms with Gasteiger partial charge in [-0.15, -0.1) is 0 Å². The molecule has 0 radical (unpaired) electrons. The van der Waals surface area contributed by atoms with Crippen molar-refractivity contribution in [3.05, 3.63) is 95.2 Å². The Morgan fingerprint density at radius 1 is 1.00 bits per heavy atom. The molecule has 2 N–H and O–H groups in total. The van der Waals surface area contributed by atoms with Crippen LogP contribution in [0.25, 0.3) is 11.0 Å². The third kappa shape index (κ3) is 8.80. The number of hydrogen-bond donors (Lipinski definition) is 2. The van der Waals surface area contributed by atoms with Crippen molar-refractivity contribution in [3.63, 3.8) is 0 Å². The molecule has 10 heteroatoms. The summed E-state index contributed by atoms with van der Waals surface area (Å²) in [5, 5.41) is 13.5. The third-order valence-corrected chi connectivity index (χ3v) is 8.17. The van der Waals surface area contributed by atoms with Crippen LogP contribution < -0.4 is 14.8 Å². The van der Waals surface area contributed by atoms with Crippen molar-refractivity contribution in [1.82, 2.24) is 10.2 Å². The van der Waals surface area contributed by atoms with Gasteiger partial charge < -0.3 is 38.7 Å². The van der Waals surface area contributed by atoms with Crippen LogP contribution in [0.2, 0.25) is 0 Å². The van der Waals surface area contributed by atoms with Crippen LogP contribution in [-0.2, 0) is 33.9 Å². The van der Waals surface area contributed by atoms with E-state index in [1.807, 2.05) is 72.8 Å². The predicted molar refractivity (Wildman–Crippen MR) is 173 cm³/mol. The molecule has 2 atom stereocenters. The van der Waals surface area contributed by atoms with E-state index in [-0.39, 0.29) is 31.1 Å². The molecule has 0 spiro atoms. The summed E-state index contributed by atoms with van der Waals surface area (Å²) in [7, 11) is 1.65. The van der Waals surface area contributed by atoms with Crippen molar-refractivity contribution in [2.75, 3.05) is 40.0 Å². The van der Waals surface area contributed by atoms with Gasteiger partial charge in [0.05, 0.1) is 39.6 Å². The van der Waals surface area contributed by atoms with E-state index >= 15 is 0 Å². The molecule has 0 aliphatic carbocycles. The minimum Gasteiger partial charge on any atom is -0.496 e. The Hall–Kier alpha value is -4.54. The molecule has 0 bridgehead atoms. The van der Waals surface area contributed by atoms with Gasteiger partial charge in [-0.3, -0.25) is 4.79 Å². The monoisotopic (exact) mass is 630 g/mol. The number of carbonyl (C=O) groups excluding carboxylic acids is 1. The van der Waals surface area contributed by atoms with Gasteiger partial charge >= 0.3 is 6.09 Å². The van der Waals surface area contributed by atoms with Crippen LogP contribution in [0.1, 0.15) is 48.1 Å². The number of furan rings is 1. The maximum Gasteiger partial charge on any atom is 0.407 e. The lowest BCUT2D eigenvalue weighted by atomic mass is 9.87. The normalized spacial score (nSPS) is 16.3. The van der Waals surface area contributed by atoms with Gasteiger partial charge in [0.2, 0.25) is 5.91 Å². The van der Waals surface area contributed by atoms with Gasteiger partial charge in [-0.2, -0.15) is 0 Å². The zero-order valence-corrected chi connectivity index (χ0v) is 26.4. The number of ether oxygens (including phenoxy) is 4. The van der Waals surface area contributed by atoms with Gasteiger partial charge in [0.25, 0.3) is 0 Å². The number of carbonyl (C=O) groups is 2. The van der Waals surface area contributed by atoms with Gasteiger partial charge in [-0.25, -0.2) is 4.79 Å². The fourth-order valence-corrected chi connectivity index (χ4v) is 5.81. The molecular weight excluding hydrogens is 588 g/mol. The summed E-state index contributed by atoms with van der Waals surface area (Å²) in [5.41, 5.74) is 3.87. The summed E-state index contributed by atoms with van der Waals surface area (Å²) >= 11 is 0. The van der Waals surface area contributed by atoms with Crippen molar-refractivity contribution >= 4 is 23.0 Å². The Labute approximate surface area is 269 Å². The van der Waals surface area contributed by atoms with E-state index in [0.717, 1.165) is 45.6 Å². The number of piperidine rings is 1. The zero-order valence-electron chi connectivity index (χ0n) is 26.4. The lowest BCUT2D eigenvalue weighted by Crippen LogP contribution is -2.46. The van der Waals surface area contributed by atoms with Crippen LogP contribution in [0.5, 0.6) is 11.5 Å². The number of nitrogens with zero attached hydrogens (tertiary/aromatic N) is 1. The summed E-state index contributed by atoms with van der Waals surface area (Å²) in [6, 6.07) is 23.7. The molecule has 1 saturated heterocycles. The maximum atomic E-state index is 11.8. The number of hydrogen-bond acceptors (Lipinski definition) is 7. The summed E-state index contributed by atoms with van der Waals surface area (Å²) in [6.45, 7) is 4.54. The predicted octanol–water partition coefficient (Wildman–Crippen LogP) is 6.16. The van der Waals surface area contributed by atoms with E-state index < -0.39 is 6.09 Å². The fourth-order valence-electron chi connectivity index (χ4n) is 5.81. The molecule has 2 heterocycles. The smallest absolute Gasteiger partial charge is 0.407 e. The lowest BCUT2D eigenvalue weighted by molar-refractivity contribution is -0.118. The van der Waals surface area contributed by atoms with E-state index in [2.05, 4.69) is 5.32 Å². The van der Waals surface area contributed by atoms with E-state index in [4.69, 9.17) is 23.4 Å². The second-order valence-electron chi connectivity index (χ2n) is 11.4. The Kier molecular flexibility index (Phi) is 11.5. The number of methoxy groups -OCH3 is 1. The lowest BCUT2D eigenvalue weighted by Gasteiger charge is -2.37. The van der Waals surface area contributed by atoms with Crippen LogP contribution in [0, 0.1) is 0 Å². The van der Waals surface area contributed by atoms with Crippen molar-refractivity contribution in [3.8, 4) is 11.5 Å². The Morgan fingerprint density at radius 2 is 1.80 bits per heavy atom. The summed E-state index contributed by atoms with van der Waals surface area (Å²) in [4.78, 5) is 24.5. The number of fused-ring (bicyclic) bond motifs is 1. The van der Waals surface area contributed by atoms with E-state index in [0.29, 0.717) is 51.5 Å². The molecule has 2 unspecified atom stereocenters. The molecule has 1 fully saturated rings. The molecule has 1 aliphatic heterocycles. The summed E-state index contributed by atoms with van der Waals surface area (Å²) in [5.74, 6) is 2.21. The minimum atomic E-state index is -0.949. The zero-order chi connectivity index (χ0) is 32.3. The molecule has 5 rings (SSSR count). The molecule has 4 aromatic rings. The Bertz CT molecular complexity index is 1580. The molecular formula is C36H42N2O8. The van der Waals surface area contributed by atoms with Crippen LogP contribution in [0.4, 0.5) is 4.79 Å². The van der Waals surface area contributed by atoms with Gasteiger partial charge in [0.15, 0.2) is 0 Å². The van der Waals surface area contributed by atoms with Crippen molar-refractivity contribution in [2.45, 2.75) is 51.4 Å². The van der Waals surface area contributed by atoms with Gasteiger partial charge in [-0.1, -0.05) is 48.5 Å². The second-order valence-corrected chi connectivity index (χ2v) is 11.4. The van der Waals surface area contributed by atoms with E-state index in [1.54, 1.807) is 7.11 Å². The van der Waals surface area contributed by atoms with Crippen molar-refractivity contribution < 1.29 is 38.1 Å². The number of likely N-dealkylation sites (tertiary alicyclic amines) is 1. The first-order chi connectivity index (χ1) is 22.4. The van der Waals surface area contributed by atoms with E-state index in [1.165, 1.54) is 11.8 Å². The molecule has 2 amide bonds. The van der Waals surface area contributed by atoms with Crippen LogP contribution in [0.3, 0.4) is 0 Å². The van der Waals surface area contributed by atoms with Gasteiger partial charge in [0, 0.05) is 43.3 Å². The number of amides is 2. The first kappa shape index (κ1) is 32.8. The van der Waals surface area contributed by atoms with Crippen molar-refractivity contribution in [2.24, 2.45) is 0 Å². The van der Waals surface area contributed by atoms with Crippen LogP contribution >= 0.6 is 0 Å². The number of rotatable bonds is 15. The standard InChI is InChI=1S/C36H42N2O8/c1-25(39)37-17-15-27-8-5-9-28-21-31(46-35(27)28)24-45-34-22-38(36(40)41)18-16-32(34)26-11-13-30(14-12-26)44-20-6-19-43-23-29-7-3-4-10-33(29)42-2/h3-5,7-14,21,32,34H,6,15-20,22-24H2,1-2H3,(H,37,39)(H,40,41). The number of benzene rings is 3. The SMILES string of the molecule is COc1ccccc1COCCCOc1ccc(C2CCN(C(=O)O)CC2OCc2cc3cccc(CCNC(C)=O)c3o2)cc1. The highest BCUT2D eigenvalue weighted by Crippen LogP contribution is 2.33. The fraction of sp³-hybridized carbons (Fsp3) is 0.389. The molecule has 244 valence electrons. The molecule has 1 aliphatic rings. The topological polar surface area (TPSA) is 120 Å². The third-order valence-electron chi connectivity index (χ3n) is 8.17. The number of nitrogens with one attached hydrogen (secondary N) is 1. The van der Waals surface area contributed by atoms with Crippen LogP contribution in [-0.4, -0.2) is 68.1 Å². The Balaban J connectivity index is 1.15. The summed E-state index contributed by atoms with van der Waals surface area (Å²) in [6.07, 6.45) is 0.757. The highest BCUT2D eigenvalue weighted by atomic mass is 16.5. The molecule has 46 heavy (non-hydrogen) atoms. The van der Waals surface area contributed by atoms with Crippen molar-refractivity contribution in [1.29, 1.82) is 0 Å². The molecule has 1 aromatic heterocycles.